The Morgan fingerprint density at radius 1 is 1.27 bits per heavy atom. The third-order valence-corrected chi connectivity index (χ3v) is 3.84. The van der Waals surface area contributed by atoms with Crippen molar-refractivity contribution in [2.24, 2.45) is 0 Å². The van der Waals surface area contributed by atoms with Gasteiger partial charge in [-0.1, -0.05) is 29.2 Å². The van der Waals surface area contributed by atoms with E-state index in [-0.39, 0.29) is 0 Å². The first-order chi connectivity index (χ1) is 7.15. The topological polar surface area (TPSA) is 51.8 Å². The molecule has 15 heavy (non-hydrogen) atoms. The number of aryl methyl sites for hydroxylation is 2. The van der Waals surface area contributed by atoms with Crippen molar-refractivity contribution < 1.29 is 0 Å². The number of hydrogen-bond acceptors (Lipinski definition) is 5. The molecule has 0 fully saturated rings. The van der Waals surface area contributed by atoms with Crippen LogP contribution in [0, 0.1) is 13.8 Å². The first-order valence-electron chi connectivity index (χ1n) is 4.49. The first-order valence-corrected chi connectivity index (χ1v) is 6.12. The number of anilines is 1. The molecule has 0 amide bonds. The third-order valence-electron chi connectivity index (χ3n) is 1.87. The molecule has 0 saturated heterocycles. The maximum absolute atomic E-state index is 5.88. The molecule has 5 heteroatoms. The number of nitrogens with zero attached hydrogens (tertiary/aromatic N) is 2. The molecule has 78 valence electrons. The molecular formula is C10H11N3S2. The van der Waals surface area contributed by atoms with Crippen LogP contribution in [0.2, 0.25) is 0 Å². The number of rotatable bonds is 2. The second-order valence-corrected chi connectivity index (χ2v) is 5.70. The maximum atomic E-state index is 5.88. The van der Waals surface area contributed by atoms with Gasteiger partial charge in [-0.15, -0.1) is 10.2 Å². The van der Waals surface area contributed by atoms with E-state index < -0.39 is 0 Å². The highest BCUT2D eigenvalue weighted by Gasteiger charge is 2.06. The molecule has 0 atom stereocenters. The highest BCUT2D eigenvalue weighted by molar-refractivity contribution is 8.01. The molecule has 2 aromatic rings. The zero-order chi connectivity index (χ0) is 10.8. The Balaban J connectivity index is 2.27. The van der Waals surface area contributed by atoms with Gasteiger partial charge in [0.1, 0.15) is 5.01 Å². The molecule has 1 heterocycles. The number of nitrogen functional groups attached to an aromatic ring is 1. The van der Waals surface area contributed by atoms with Gasteiger partial charge in [-0.3, -0.25) is 0 Å². The molecule has 0 aliphatic rings. The quantitative estimate of drug-likeness (QED) is 0.816. The van der Waals surface area contributed by atoms with E-state index in [4.69, 9.17) is 5.73 Å². The van der Waals surface area contributed by atoms with Crippen molar-refractivity contribution in [2.75, 3.05) is 5.73 Å². The van der Waals surface area contributed by atoms with E-state index in [1.54, 1.807) is 23.1 Å². The van der Waals surface area contributed by atoms with Crippen LogP contribution in [0.4, 0.5) is 5.69 Å². The summed E-state index contributed by atoms with van der Waals surface area (Å²) in [6, 6.07) is 5.99. The normalized spacial score (nSPS) is 10.5. The maximum Gasteiger partial charge on any atom is 0.179 e. The third kappa shape index (κ3) is 2.49. The molecule has 2 N–H and O–H groups in total. The molecular weight excluding hydrogens is 226 g/mol. The van der Waals surface area contributed by atoms with E-state index in [2.05, 4.69) is 23.2 Å². The van der Waals surface area contributed by atoms with Gasteiger partial charge in [-0.25, -0.2) is 0 Å². The van der Waals surface area contributed by atoms with Crippen LogP contribution in [0.5, 0.6) is 0 Å². The van der Waals surface area contributed by atoms with E-state index >= 15 is 0 Å². The smallest absolute Gasteiger partial charge is 0.179 e. The summed E-state index contributed by atoms with van der Waals surface area (Å²) in [7, 11) is 0. The zero-order valence-electron chi connectivity index (χ0n) is 8.52. The van der Waals surface area contributed by atoms with E-state index in [1.807, 2.05) is 19.1 Å². The van der Waals surface area contributed by atoms with Crippen molar-refractivity contribution in [2.45, 2.75) is 23.1 Å². The van der Waals surface area contributed by atoms with Gasteiger partial charge < -0.3 is 5.73 Å². The van der Waals surface area contributed by atoms with Gasteiger partial charge in [0.25, 0.3) is 0 Å². The molecule has 0 radical (unpaired) electrons. The van der Waals surface area contributed by atoms with Crippen LogP contribution in [-0.2, 0) is 0 Å². The summed E-state index contributed by atoms with van der Waals surface area (Å²) in [6.07, 6.45) is 0. The Kier molecular flexibility index (Phi) is 2.93. The average Bonchev–Trinajstić information content (AvgIpc) is 2.58. The van der Waals surface area contributed by atoms with E-state index in [0.29, 0.717) is 0 Å². The molecule has 1 aromatic heterocycles. The largest absolute Gasteiger partial charge is 0.398 e. The minimum atomic E-state index is 0.790. The van der Waals surface area contributed by atoms with Crippen LogP contribution in [0.25, 0.3) is 0 Å². The Morgan fingerprint density at radius 2 is 2.07 bits per heavy atom. The Labute approximate surface area is 96.7 Å². The van der Waals surface area contributed by atoms with Gasteiger partial charge in [0, 0.05) is 10.6 Å². The average molecular weight is 237 g/mol. The van der Waals surface area contributed by atoms with Crippen molar-refractivity contribution in [3.8, 4) is 0 Å². The summed E-state index contributed by atoms with van der Waals surface area (Å²) >= 11 is 3.15. The Bertz CT molecular complexity index is 479. The van der Waals surface area contributed by atoms with Crippen LogP contribution >= 0.6 is 23.1 Å². The second-order valence-electron chi connectivity index (χ2n) is 3.23. The van der Waals surface area contributed by atoms with Gasteiger partial charge in [0.2, 0.25) is 0 Å². The fourth-order valence-corrected chi connectivity index (χ4v) is 3.06. The standard InChI is InChI=1S/C10H11N3S2/c1-6-3-4-8(11)9(5-6)15-10-13-12-7(2)14-10/h3-5H,11H2,1-2H3. The zero-order valence-corrected chi connectivity index (χ0v) is 10.2. The summed E-state index contributed by atoms with van der Waals surface area (Å²) in [5.41, 5.74) is 7.87. The Morgan fingerprint density at radius 3 is 2.73 bits per heavy atom. The molecule has 0 bridgehead atoms. The predicted molar refractivity (Wildman–Crippen MR) is 64.4 cm³/mol. The lowest BCUT2D eigenvalue weighted by Gasteiger charge is -2.03. The number of benzene rings is 1. The minimum absolute atomic E-state index is 0.790. The van der Waals surface area contributed by atoms with Gasteiger partial charge in [0.05, 0.1) is 0 Å². The molecule has 0 unspecified atom stereocenters. The van der Waals surface area contributed by atoms with Gasteiger partial charge in [-0.2, -0.15) is 0 Å². The summed E-state index contributed by atoms with van der Waals surface area (Å²) in [5, 5.41) is 9.01. The number of hydrogen-bond donors (Lipinski definition) is 1. The lowest BCUT2D eigenvalue weighted by molar-refractivity contribution is 0.984. The minimum Gasteiger partial charge on any atom is -0.398 e. The number of aromatic nitrogens is 2. The van der Waals surface area contributed by atoms with Crippen molar-refractivity contribution in [1.29, 1.82) is 0 Å². The van der Waals surface area contributed by atoms with E-state index in [9.17, 15) is 0 Å². The lowest BCUT2D eigenvalue weighted by atomic mass is 10.2. The predicted octanol–water partition coefficient (Wildman–Crippen LogP) is 2.89. The summed E-state index contributed by atoms with van der Waals surface area (Å²) in [4.78, 5) is 1.05. The van der Waals surface area contributed by atoms with Crippen molar-refractivity contribution in [1.82, 2.24) is 10.2 Å². The highest BCUT2D eigenvalue weighted by Crippen LogP contribution is 2.34. The van der Waals surface area contributed by atoms with Crippen molar-refractivity contribution >= 4 is 28.8 Å². The molecule has 3 nitrogen and oxygen atoms in total. The second kappa shape index (κ2) is 4.20. The monoisotopic (exact) mass is 237 g/mol. The van der Waals surface area contributed by atoms with Crippen LogP contribution < -0.4 is 5.73 Å². The molecule has 1 aromatic carbocycles. The Hall–Kier alpha value is -1.07. The van der Waals surface area contributed by atoms with Crippen LogP contribution in [0.1, 0.15) is 10.6 Å². The molecule has 0 saturated carbocycles. The summed E-state index contributed by atoms with van der Waals surface area (Å²) in [5.74, 6) is 0. The fourth-order valence-electron chi connectivity index (χ4n) is 1.14. The van der Waals surface area contributed by atoms with Gasteiger partial charge >= 0.3 is 0 Å². The van der Waals surface area contributed by atoms with Crippen LogP contribution in [0.15, 0.2) is 27.4 Å². The molecule has 0 aliphatic heterocycles. The lowest BCUT2D eigenvalue weighted by Crippen LogP contribution is -1.88. The van der Waals surface area contributed by atoms with Gasteiger partial charge in [0.15, 0.2) is 4.34 Å². The summed E-state index contributed by atoms with van der Waals surface area (Å²) in [6.45, 7) is 4.00. The van der Waals surface area contributed by atoms with Crippen molar-refractivity contribution in [3.63, 3.8) is 0 Å². The highest BCUT2D eigenvalue weighted by atomic mass is 32.2. The molecule has 0 aliphatic carbocycles. The molecule has 2 rings (SSSR count). The van der Waals surface area contributed by atoms with Gasteiger partial charge in [-0.05, 0) is 31.5 Å². The first kappa shape index (κ1) is 10.4. The van der Waals surface area contributed by atoms with Crippen molar-refractivity contribution in [3.05, 3.63) is 28.8 Å². The van der Waals surface area contributed by atoms with E-state index in [1.165, 1.54) is 5.56 Å². The van der Waals surface area contributed by atoms with E-state index in [0.717, 1.165) is 19.9 Å². The van der Waals surface area contributed by atoms with Crippen LogP contribution in [0.3, 0.4) is 0 Å². The SMILES string of the molecule is Cc1ccc(N)c(Sc2nnc(C)s2)c1. The van der Waals surface area contributed by atoms with Crippen LogP contribution in [-0.4, -0.2) is 10.2 Å². The molecule has 0 spiro atoms. The number of nitrogens with two attached hydrogens (primary N) is 1. The fraction of sp³-hybridized carbons (Fsp3) is 0.200. The summed E-state index contributed by atoms with van der Waals surface area (Å²) < 4.78 is 0.935.